The summed E-state index contributed by atoms with van der Waals surface area (Å²) >= 11 is 0. The second-order valence-electron chi connectivity index (χ2n) is 5.47. The maximum Gasteiger partial charge on any atom is 0.280 e. The summed E-state index contributed by atoms with van der Waals surface area (Å²) in [4.78, 5) is 0. The van der Waals surface area contributed by atoms with E-state index in [2.05, 4.69) is 4.72 Å². The standard InChI is InChI=1S/C15H24N2O3S/c1-3-9-17(10-4-2)21(19,20)16-15-13-8-6-5-7-12(13)11-14(15)18/h5-8,14-16,18H,3-4,9-11H2,1-2H3. The van der Waals surface area contributed by atoms with E-state index in [-0.39, 0.29) is 0 Å². The molecule has 6 heteroatoms. The van der Waals surface area contributed by atoms with Gasteiger partial charge in [-0.05, 0) is 24.0 Å². The van der Waals surface area contributed by atoms with Gasteiger partial charge in [0.05, 0.1) is 12.1 Å². The van der Waals surface area contributed by atoms with Crippen LogP contribution in [0.4, 0.5) is 0 Å². The van der Waals surface area contributed by atoms with Gasteiger partial charge in [-0.15, -0.1) is 0 Å². The van der Waals surface area contributed by atoms with Crippen molar-refractivity contribution in [2.75, 3.05) is 13.1 Å². The Hall–Kier alpha value is -0.950. The SMILES string of the molecule is CCCN(CCC)S(=O)(=O)NC1c2ccccc2CC1O. The molecular formula is C15H24N2O3S. The Kier molecular flexibility index (Phi) is 5.37. The van der Waals surface area contributed by atoms with Gasteiger partial charge in [-0.2, -0.15) is 17.4 Å². The predicted molar refractivity (Wildman–Crippen MR) is 83.1 cm³/mol. The van der Waals surface area contributed by atoms with Crippen LogP contribution in [0.5, 0.6) is 0 Å². The number of hydrogen-bond acceptors (Lipinski definition) is 3. The molecule has 2 unspecified atom stereocenters. The summed E-state index contributed by atoms with van der Waals surface area (Å²) in [6.07, 6.45) is 1.32. The minimum atomic E-state index is -3.58. The minimum absolute atomic E-state index is 0.491. The first kappa shape index (κ1) is 16.4. The van der Waals surface area contributed by atoms with Crippen LogP contribution in [0.25, 0.3) is 0 Å². The van der Waals surface area contributed by atoms with Crippen molar-refractivity contribution in [3.63, 3.8) is 0 Å². The lowest BCUT2D eigenvalue weighted by molar-refractivity contribution is 0.150. The van der Waals surface area contributed by atoms with Crippen molar-refractivity contribution in [2.24, 2.45) is 0 Å². The number of benzene rings is 1. The second kappa shape index (κ2) is 6.87. The van der Waals surface area contributed by atoms with E-state index in [0.29, 0.717) is 19.5 Å². The van der Waals surface area contributed by atoms with Crippen molar-refractivity contribution in [1.82, 2.24) is 9.03 Å². The molecule has 1 aromatic rings. The third kappa shape index (κ3) is 3.63. The summed E-state index contributed by atoms with van der Waals surface area (Å²) in [6.45, 7) is 4.90. The average Bonchev–Trinajstić information content (AvgIpc) is 2.75. The van der Waals surface area contributed by atoms with Crippen LogP contribution in [0.2, 0.25) is 0 Å². The molecule has 21 heavy (non-hydrogen) atoms. The third-order valence-corrected chi connectivity index (χ3v) is 5.36. The highest BCUT2D eigenvalue weighted by Crippen LogP contribution is 2.32. The predicted octanol–water partition coefficient (Wildman–Crippen LogP) is 1.60. The Bertz CT molecular complexity index is 568. The second-order valence-corrected chi connectivity index (χ2v) is 7.17. The molecule has 2 rings (SSSR count). The van der Waals surface area contributed by atoms with Crippen LogP contribution in [0.1, 0.15) is 43.9 Å². The lowest BCUT2D eigenvalue weighted by atomic mass is 10.1. The zero-order valence-electron chi connectivity index (χ0n) is 12.6. The molecule has 2 N–H and O–H groups in total. The number of rotatable bonds is 7. The fourth-order valence-electron chi connectivity index (χ4n) is 2.80. The quantitative estimate of drug-likeness (QED) is 0.803. The molecule has 2 atom stereocenters. The van der Waals surface area contributed by atoms with E-state index in [1.54, 1.807) is 0 Å². The molecule has 0 heterocycles. The molecule has 0 radical (unpaired) electrons. The van der Waals surface area contributed by atoms with Gasteiger partial charge in [-0.25, -0.2) is 0 Å². The molecule has 0 aromatic heterocycles. The Morgan fingerprint density at radius 1 is 1.24 bits per heavy atom. The zero-order valence-corrected chi connectivity index (χ0v) is 13.4. The fraction of sp³-hybridized carbons (Fsp3) is 0.600. The number of fused-ring (bicyclic) bond motifs is 1. The highest BCUT2D eigenvalue weighted by molar-refractivity contribution is 7.87. The maximum absolute atomic E-state index is 12.5. The normalized spacial score (nSPS) is 21.7. The van der Waals surface area contributed by atoms with E-state index in [9.17, 15) is 13.5 Å². The first-order chi connectivity index (χ1) is 9.99. The van der Waals surface area contributed by atoms with E-state index in [1.807, 2.05) is 38.1 Å². The fourth-order valence-corrected chi connectivity index (χ4v) is 4.40. The summed E-state index contributed by atoms with van der Waals surface area (Å²) < 4.78 is 29.2. The van der Waals surface area contributed by atoms with Crippen molar-refractivity contribution in [3.05, 3.63) is 35.4 Å². The summed E-state index contributed by atoms with van der Waals surface area (Å²) in [5.41, 5.74) is 1.89. The lowest BCUT2D eigenvalue weighted by Gasteiger charge is -2.25. The minimum Gasteiger partial charge on any atom is -0.391 e. The van der Waals surface area contributed by atoms with E-state index in [0.717, 1.165) is 24.0 Å². The molecule has 0 spiro atoms. The number of nitrogens with one attached hydrogen (secondary N) is 1. The van der Waals surface area contributed by atoms with Crippen LogP contribution in [-0.4, -0.2) is 37.0 Å². The molecule has 0 saturated carbocycles. The van der Waals surface area contributed by atoms with Crippen LogP contribution in [0.15, 0.2) is 24.3 Å². The Morgan fingerprint density at radius 2 is 1.86 bits per heavy atom. The number of aliphatic hydroxyl groups excluding tert-OH is 1. The summed E-state index contributed by atoms with van der Waals surface area (Å²) in [5, 5.41) is 10.2. The van der Waals surface area contributed by atoms with Gasteiger partial charge in [0.2, 0.25) is 0 Å². The molecule has 0 bridgehead atoms. The van der Waals surface area contributed by atoms with Crippen LogP contribution in [0.3, 0.4) is 0 Å². The molecule has 0 aliphatic heterocycles. The van der Waals surface area contributed by atoms with E-state index >= 15 is 0 Å². The van der Waals surface area contributed by atoms with Gasteiger partial charge < -0.3 is 5.11 Å². The van der Waals surface area contributed by atoms with Crippen molar-refractivity contribution >= 4 is 10.2 Å². The lowest BCUT2D eigenvalue weighted by Crippen LogP contribution is -2.45. The topological polar surface area (TPSA) is 69.6 Å². The van der Waals surface area contributed by atoms with Crippen molar-refractivity contribution in [3.8, 4) is 0 Å². The van der Waals surface area contributed by atoms with Crippen molar-refractivity contribution in [2.45, 2.75) is 45.3 Å². The van der Waals surface area contributed by atoms with Gasteiger partial charge in [-0.3, -0.25) is 0 Å². The molecule has 0 saturated heterocycles. The van der Waals surface area contributed by atoms with Crippen LogP contribution in [0, 0.1) is 0 Å². The zero-order chi connectivity index (χ0) is 15.5. The van der Waals surface area contributed by atoms with E-state index in [1.165, 1.54) is 4.31 Å². The average molecular weight is 312 g/mol. The van der Waals surface area contributed by atoms with Gasteiger partial charge in [-0.1, -0.05) is 38.1 Å². The van der Waals surface area contributed by atoms with Gasteiger partial charge in [0, 0.05) is 19.5 Å². The number of hydrogen-bond donors (Lipinski definition) is 2. The van der Waals surface area contributed by atoms with Crippen LogP contribution >= 0.6 is 0 Å². The monoisotopic (exact) mass is 312 g/mol. The van der Waals surface area contributed by atoms with Crippen molar-refractivity contribution in [1.29, 1.82) is 0 Å². The van der Waals surface area contributed by atoms with E-state index in [4.69, 9.17) is 0 Å². The van der Waals surface area contributed by atoms with Gasteiger partial charge in [0.15, 0.2) is 0 Å². The highest BCUT2D eigenvalue weighted by atomic mass is 32.2. The largest absolute Gasteiger partial charge is 0.391 e. The highest BCUT2D eigenvalue weighted by Gasteiger charge is 2.35. The summed E-state index contributed by atoms with van der Waals surface area (Å²) in [6, 6.07) is 7.03. The molecule has 0 amide bonds. The molecule has 0 fully saturated rings. The molecule has 118 valence electrons. The third-order valence-electron chi connectivity index (χ3n) is 3.77. The molecule has 5 nitrogen and oxygen atoms in total. The molecule has 1 aliphatic rings. The molecular weight excluding hydrogens is 288 g/mol. The summed E-state index contributed by atoms with van der Waals surface area (Å²) in [5.74, 6) is 0. The first-order valence-corrected chi connectivity index (χ1v) is 8.96. The van der Waals surface area contributed by atoms with Gasteiger partial charge >= 0.3 is 0 Å². The first-order valence-electron chi connectivity index (χ1n) is 7.52. The molecule has 1 aliphatic carbocycles. The van der Waals surface area contributed by atoms with Gasteiger partial charge in [0.1, 0.15) is 0 Å². The number of nitrogens with zero attached hydrogens (tertiary/aromatic N) is 1. The smallest absolute Gasteiger partial charge is 0.280 e. The van der Waals surface area contributed by atoms with Gasteiger partial charge in [0.25, 0.3) is 10.2 Å². The molecule has 1 aromatic carbocycles. The maximum atomic E-state index is 12.5. The Morgan fingerprint density at radius 3 is 2.48 bits per heavy atom. The summed E-state index contributed by atoms with van der Waals surface area (Å²) in [7, 11) is -3.58. The van der Waals surface area contributed by atoms with Crippen LogP contribution < -0.4 is 4.72 Å². The Balaban J connectivity index is 2.20. The van der Waals surface area contributed by atoms with Crippen molar-refractivity contribution < 1.29 is 13.5 Å². The number of aliphatic hydroxyl groups is 1. The van der Waals surface area contributed by atoms with E-state index < -0.39 is 22.4 Å². The van der Waals surface area contributed by atoms with Crippen LogP contribution in [-0.2, 0) is 16.6 Å². The Labute approximate surface area is 127 Å².